The lowest BCUT2D eigenvalue weighted by molar-refractivity contribution is 0.192. The largest absolute Gasteiger partial charge is 0.359 e. The minimum Gasteiger partial charge on any atom is -0.359 e. The average Bonchev–Trinajstić information content (AvgIpc) is 3.08. The van der Waals surface area contributed by atoms with Crippen LogP contribution in [0.15, 0.2) is 102 Å². The Hall–Kier alpha value is -2.95. The lowest BCUT2D eigenvalue weighted by Gasteiger charge is -2.35. The zero-order valence-corrected chi connectivity index (χ0v) is 19.3. The van der Waals surface area contributed by atoms with Crippen molar-refractivity contribution >= 4 is 34.4 Å². The summed E-state index contributed by atoms with van der Waals surface area (Å²) in [6.45, 7) is 2.23. The van der Waals surface area contributed by atoms with Gasteiger partial charge < -0.3 is 14.9 Å². The van der Waals surface area contributed by atoms with Crippen LogP contribution < -0.4 is 9.80 Å². The Morgan fingerprint density at radius 2 is 1.59 bits per heavy atom. The number of rotatable bonds is 5. The van der Waals surface area contributed by atoms with Gasteiger partial charge in [0, 0.05) is 28.9 Å². The second-order valence-electron chi connectivity index (χ2n) is 8.31. The molecule has 0 saturated heterocycles. The molecule has 1 atom stereocenters. The Morgan fingerprint density at radius 1 is 0.906 bits per heavy atom. The molecule has 3 aromatic rings. The molecule has 3 nitrogen and oxygen atoms in total. The summed E-state index contributed by atoms with van der Waals surface area (Å²) in [4.78, 5) is 5.43. The molecule has 2 heterocycles. The van der Waals surface area contributed by atoms with Gasteiger partial charge in [-0.1, -0.05) is 73.6 Å². The summed E-state index contributed by atoms with van der Waals surface area (Å²) in [5.74, 6) is 0. The summed E-state index contributed by atoms with van der Waals surface area (Å²) in [6.07, 6.45) is 7.53. The molecule has 4 heteroatoms. The maximum atomic E-state index is 11.7. The van der Waals surface area contributed by atoms with E-state index in [9.17, 15) is 5.11 Å². The molecule has 162 valence electrons. The number of hydrogen-bond donors (Lipinski definition) is 1. The zero-order valence-electron chi connectivity index (χ0n) is 18.5. The maximum absolute atomic E-state index is 11.7. The maximum Gasteiger partial charge on any atom is 0.212 e. The van der Waals surface area contributed by atoms with Crippen molar-refractivity contribution in [1.82, 2.24) is 0 Å². The highest BCUT2D eigenvalue weighted by Gasteiger charge is 2.40. The highest BCUT2D eigenvalue weighted by atomic mass is 32.2. The number of nitrogens with zero attached hydrogens (tertiary/aromatic N) is 2. The minimum absolute atomic E-state index is 0.985. The van der Waals surface area contributed by atoms with Crippen molar-refractivity contribution in [2.24, 2.45) is 0 Å². The smallest absolute Gasteiger partial charge is 0.212 e. The summed E-state index contributed by atoms with van der Waals surface area (Å²) < 4.78 is 0. The van der Waals surface area contributed by atoms with Crippen molar-refractivity contribution in [2.75, 3.05) is 16.8 Å². The predicted octanol–water partition coefficient (Wildman–Crippen LogP) is 7.18. The van der Waals surface area contributed by atoms with Crippen LogP contribution in [0.1, 0.15) is 31.7 Å². The lowest BCUT2D eigenvalue weighted by atomic mass is 9.94. The number of hydrogen-bond acceptors (Lipinski definition) is 4. The number of anilines is 3. The van der Waals surface area contributed by atoms with E-state index in [1.165, 1.54) is 23.1 Å². The van der Waals surface area contributed by atoms with Gasteiger partial charge in [-0.15, -0.1) is 0 Å². The fraction of sp³-hybridized carbons (Fsp3) is 0.214. The van der Waals surface area contributed by atoms with Gasteiger partial charge in [0.1, 0.15) is 0 Å². The predicted molar refractivity (Wildman–Crippen MR) is 136 cm³/mol. The molecule has 1 N–H and O–H groups in total. The van der Waals surface area contributed by atoms with Crippen molar-refractivity contribution in [1.29, 1.82) is 0 Å². The molecule has 0 aliphatic carbocycles. The summed E-state index contributed by atoms with van der Waals surface area (Å²) in [7, 11) is 1.96. The Bertz CT molecular complexity index is 1190. The molecule has 2 aliphatic rings. The normalized spacial score (nSPS) is 20.8. The van der Waals surface area contributed by atoms with E-state index < -0.39 is 5.06 Å². The van der Waals surface area contributed by atoms with Crippen LogP contribution in [0, 0.1) is 0 Å². The molecule has 0 spiro atoms. The van der Waals surface area contributed by atoms with Crippen LogP contribution in [0.2, 0.25) is 0 Å². The molecule has 0 saturated carbocycles. The van der Waals surface area contributed by atoms with Crippen molar-refractivity contribution < 1.29 is 5.11 Å². The third-order valence-electron chi connectivity index (χ3n) is 6.18. The van der Waals surface area contributed by atoms with Gasteiger partial charge in [0.05, 0.1) is 11.4 Å². The molecular weight excluding hydrogens is 412 g/mol. The van der Waals surface area contributed by atoms with E-state index in [1.54, 1.807) is 0 Å². The number of unbranched alkanes of at least 4 members (excludes halogenated alkanes) is 1. The number of likely N-dealkylation sites (N-methyl/N-ethyl adjacent to an activating group) is 1. The fourth-order valence-electron chi connectivity index (χ4n) is 4.48. The standard InChI is InChI=1S/C28H28N2OS/c1-3-4-12-23-19-21(20-28(31)29(2)26-17-10-11-18-27(26)32-28)24-15-8-9-16-25(24)30(23)22-13-6-5-7-14-22/h5-11,13-20,31H,3-4,12H2,1-2H3/b21-20-. The van der Waals surface area contributed by atoms with Gasteiger partial charge in [-0.3, -0.25) is 0 Å². The summed E-state index contributed by atoms with van der Waals surface area (Å²) in [6, 6.07) is 27.2. The molecule has 0 fully saturated rings. The van der Waals surface area contributed by atoms with Gasteiger partial charge in [0.25, 0.3) is 0 Å². The molecule has 3 aromatic carbocycles. The third kappa shape index (κ3) is 3.64. The van der Waals surface area contributed by atoms with E-state index in [0.717, 1.165) is 46.7 Å². The van der Waals surface area contributed by atoms with Crippen LogP contribution in [0.5, 0.6) is 0 Å². The Morgan fingerprint density at radius 3 is 2.34 bits per heavy atom. The fourth-order valence-corrected chi connectivity index (χ4v) is 5.69. The first-order chi connectivity index (χ1) is 15.6. The minimum atomic E-state index is -1.13. The third-order valence-corrected chi connectivity index (χ3v) is 7.43. The summed E-state index contributed by atoms with van der Waals surface area (Å²) >= 11 is 1.49. The summed E-state index contributed by atoms with van der Waals surface area (Å²) in [5, 5.41) is 10.5. The van der Waals surface area contributed by atoms with Crippen LogP contribution in [0.3, 0.4) is 0 Å². The van der Waals surface area contributed by atoms with Crippen molar-refractivity contribution in [3.05, 3.63) is 102 Å². The van der Waals surface area contributed by atoms with Crippen molar-refractivity contribution in [2.45, 2.75) is 36.1 Å². The molecule has 2 aliphatic heterocycles. The van der Waals surface area contributed by atoms with Gasteiger partial charge in [-0.25, -0.2) is 0 Å². The molecule has 0 amide bonds. The summed E-state index contributed by atoms with van der Waals surface area (Å²) in [5.41, 5.74) is 6.84. The highest BCUT2D eigenvalue weighted by molar-refractivity contribution is 8.01. The first kappa shape index (κ1) is 20.9. The zero-order chi connectivity index (χ0) is 22.1. The van der Waals surface area contributed by atoms with E-state index >= 15 is 0 Å². The van der Waals surface area contributed by atoms with Crippen LogP contribution in [-0.2, 0) is 0 Å². The first-order valence-electron chi connectivity index (χ1n) is 11.2. The Kier molecular flexibility index (Phi) is 5.58. The van der Waals surface area contributed by atoms with Crippen LogP contribution in [0.4, 0.5) is 17.1 Å². The highest BCUT2D eigenvalue weighted by Crippen LogP contribution is 2.51. The Balaban J connectivity index is 1.63. The second-order valence-corrected chi connectivity index (χ2v) is 9.56. The van der Waals surface area contributed by atoms with E-state index in [4.69, 9.17) is 0 Å². The molecule has 0 radical (unpaired) electrons. The van der Waals surface area contributed by atoms with Crippen molar-refractivity contribution in [3.8, 4) is 0 Å². The van der Waals surface area contributed by atoms with Crippen LogP contribution >= 0.6 is 11.8 Å². The van der Waals surface area contributed by atoms with E-state index in [2.05, 4.69) is 84.6 Å². The molecule has 1 unspecified atom stereocenters. The Labute approximate surface area is 194 Å². The number of benzene rings is 3. The average molecular weight is 441 g/mol. The second kappa shape index (κ2) is 8.53. The molecular formula is C28H28N2OS. The van der Waals surface area contributed by atoms with E-state index in [-0.39, 0.29) is 0 Å². The van der Waals surface area contributed by atoms with Crippen LogP contribution in [0.25, 0.3) is 5.57 Å². The number of thioether (sulfide) groups is 1. The van der Waals surface area contributed by atoms with Gasteiger partial charge in [0.2, 0.25) is 5.06 Å². The molecule has 32 heavy (non-hydrogen) atoms. The SMILES string of the molecule is CCCCC1=C/C(=C/C2(O)Sc3ccccc3N2C)c2ccccc2N1c1ccccc1. The lowest BCUT2D eigenvalue weighted by Crippen LogP contribution is -2.38. The molecule has 5 rings (SSSR count). The number of allylic oxidation sites excluding steroid dienone is 3. The van der Waals surface area contributed by atoms with Gasteiger partial charge in [0.15, 0.2) is 0 Å². The van der Waals surface area contributed by atoms with E-state index in [1.807, 2.05) is 30.2 Å². The van der Waals surface area contributed by atoms with Gasteiger partial charge in [-0.05, 0) is 60.9 Å². The van der Waals surface area contributed by atoms with Crippen LogP contribution in [-0.4, -0.2) is 17.2 Å². The number of para-hydroxylation sites is 3. The molecule has 0 bridgehead atoms. The van der Waals surface area contributed by atoms with Crippen molar-refractivity contribution in [3.63, 3.8) is 0 Å². The number of fused-ring (bicyclic) bond motifs is 2. The molecule has 0 aromatic heterocycles. The quantitative estimate of drug-likeness (QED) is 0.454. The topological polar surface area (TPSA) is 26.7 Å². The first-order valence-corrected chi connectivity index (χ1v) is 12.0. The van der Waals surface area contributed by atoms with Gasteiger partial charge >= 0.3 is 0 Å². The van der Waals surface area contributed by atoms with E-state index in [0.29, 0.717) is 0 Å². The van der Waals surface area contributed by atoms with Gasteiger partial charge in [-0.2, -0.15) is 0 Å². The number of aliphatic hydroxyl groups is 1. The monoisotopic (exact) mass is 440 g/mol.